The lowest BCUT2D eigenvalue weighted by atomic mass is 10.0. The van der Waals surface area contributed by atoms with Gasteiger partial charge in [0.2, 0.25) is 5.91 Å². The van der Waals surface area contributed by atoms with Crippen molar-refractivity contribution >= 4 is 23.2 Å². The molecule has 0 aliphatic carbocycles. The topological polar surface area (TPSA) is 78.7 Å². The highest BCUT2D eigenvalue weighted by Gasteiger charge is 2.25. The van der Waals surface area contributed by atoms with E-state index in [-0.39, 0.29) is 18.0 Å². The number of aromatic nitrogens is 2. The van der Waals surface area contributed by atoms with E-state index in [0.29, 0.717) is 21.8 Å². The molecule has 8 heteroatoms. The molecule has 0 saturated heterocycles. The standard InChI is InChI=1S/C14H7ClF2N4O/c15-8-2-1-6(7-3-11(22)21-12(7)8)10-5-19-13(14(16)17)9(4-18)20-10/h1-2,5,14H,3H2,(H,21,22). The molecule has 2 heterocycles. The number of alkyl halides is 2. The van der Waals surface area contributed by atoms with Crippen LogP contribution in [0.25, 0.3) is 11.3 Å². The van der Waals surface area contributed by atoms with Crippen molar-refractivity contribution in [2.75, 3.05) is 5.32 Å². The number of benzene rings is 1. The fourth-order valence-electron chi connectivity index (χ4n) is 2.29. The SMILES string of the molecule is N#Cc1nc(-c2ccc(Cl)c3c2CC(=O)N3)cnc1C(F)F. The van der Waals surface area contributed by atoms with E-state index in [2.05, 4.69) is 15.3 Å². The van der Waals surface area contributed by atoms with Gasteiger partial charge in [-0.3, -0.25) is 4.79 Å². The second-order valence-electron chi connectivity index (χ2n) is 4.58. The number of amides is 1. The lowest BCUT2D eigenvalue weighted by Gasteiger charge is -2.09. The maximum absolute atomic E-state index is 12.7. The average Bonchev–Trinajstić information content (AvgIpc) is 2.89. The van der Waals surface area contributed by atoms with E-state index in [9.17, 15) is 13.6 Å². The number of nitriles is 1. The number of carbonyl (C=O) groups is 1. The smallest absolute Gasteiger partial charge is 0.283 e. The summed E-state index contributed by atoms with van der Waals surface area (Å²) in [5.74, 6) is -0.220. The van der Waals surface area contributed by atoms with Crippen molar-refractivity contribution in [2.45, 2.75) is 12.8 Å². The van der Waals surface area contributed by atoms with Crippen LogP contribution in [0.3, 0.4) is 0 Å². The first-order valence-corrected chi connectivity index (χ1v) is 6.56. The third-order valence-corrected chi connectivity index (χ3v) is 3.57. The molecule has 0 fully saturated rings. The van der Waals surface area contributed by atoms with Crippen molar-refractivity contribution in [1.29, 1.82) is 5.26 Å². The molecule has 3 rings (SSSR count). The number of rotatable bonds is 2. The van der Waals surface area contributed by atoms with Crippen LogP contribution in [0.15, 0.2) is 18.3 Å². The Kier molecular flexibility index (Phi) is 3.47. The molecule has 1 aliphatic rings. The number of anilines is 1. The van der Waals surface area contributed by atoms with Crippen LogP contribution in [0.2, 0.25) is 5.02 Å². The summed E-state index contributed by atoms with van der Waals surface area (Å²) >= 11 is 6.02. The number of hydrogen-bond donors (Lipinski definition) is 1. The fourth-order valence-corrected chi connectivity index (χ4v) is 2.52. The van der Waals surface area contributed by atoms with Gasteiger partial charge in [0.1, 0.15) is 11.8 Å². The van der Waals surface area contributed by atoms with E-state index in [4.69, 9.17) is 16.9 Å². The molecule has 0 atom stereocenters. The predicted octanol–water partition coefficient (Wildman–Crippen LogP) is 3.10. The lowest BCUT2D eigenvalue weighted by molar-refractivity contribution is -0.115. The summed E-state index contributed by atoms with van der Waals surface area (Å²) in [6.45, 7) is 0. The third-order valence-electron chi connectivity index (χ3n) is 3.25. The molecule has 1 aromatic carbocycles. The molecular weight excluding hydrogens is 314 g/mol. The number of fused-ring (bicyclic) bond motifs is 1. The Morgan fingerprint density at radius 2 is 2.18 bits per heavy atom. The molecule has 1 amide bonds. The normalized spacial score (nSPS) is 13.0. The molecule has 0 saturated carbocycles. The van der Waals surface area contributed by atoms with E-state index in [1.54, 1.807) is 18.2 Å². The van der Waals surface area contributed by atoms with Crippen molar-refractivity contribution in [3.63, 3.8) is 0 Å². The Morgan fingerprint density at radius 3 is 2.86 bits per heavy atom. The monoisotopic (exact) mass is 320 g/mol. The summed E-state index contributed by atoms with van der Waals surface area (Å²) in [6, 6.07) is 4.80. The van der Waals surface area contributed by atoms with Gasteiger partial charge in [-0.1, -0.05) is 17.7 Å². The molecular formula is C14H7ClF2N4O. The second-order valence-corrected chi connectivity index (χ2v) is 4.98. The number of nitrogens with one attached hydrogen (secondary N) is 1. The second kappa shape index (κ2) is 5.31. The molecule has 110 valence electrons. The van der Waals surface area contributed by atoms with Crippen LogP contribution in [0.5, 0.6) is 0 Å². The largest absolute Gasteiger partial charge is 0.324 e. The maximum atomic E-state index is 12.7. The van der Waals surface area contributed by atoms with Crippen LogP contribution in [0.1, 0.15) is 23.4 Å². The van der Waals surface area contributed by atoms with Crippen LogP contribution in [-0.4, -0.2) is 15.9 Å². The van der Waals surface area contributed by atoms with E-state index in [1.807, 2.05) is 0 Å². The maximum Gasteiger partial charge on any atom is 0.283 e. The summed E-state index contributed by atoms with van der Waals surface area (Å²) in [4.78, 5) is 19.1. The molecule has 0 spiro atoms. The van der Waals surface area contributed by atoms with Crippen LogP contribution in [-0.2, 0) is 11.2 Å². The van der Waals surface area contributed by atoms with E-state index >= 15 is 0 Å². The molecule has 1 aromatic heterocycles. The number of nitrogens with zero attached hydrogens (tertiary/aromatic N) is 3. The zero-order valence-electron chi connectivity index (χ0n) is 10.9. The molecule has 0 bridgehead atoms. The first-order chi connectivity index (χ1) is 10.5. The van der Waals surface area contributed by atoms with Crippen molar-refractivity contribution < 1.29 is 13.6 Å². The van der Waals surface area contributed by atoms with E-state index in [1.165, 1.54) is 0 Å². The van der Waals surface area contributed by atoms with Gasteiger partial charge < -0.3 is 5.32 Å². The van der Waals surface area contributed by atoms with E-state index < -0.39 is 17.8 Å². The van der Waals surface area contributed by atoms with Crippen LogP contribution in [0, 0.1) is 11.3 Å². The fraction of sp³-hybridized carbons (Fsp3) is 0.143. The molecule has 22 heavy (non-hydrogen) atoms. The van der Waals surface area contributed by atoms with Gasteiger partial charge in [-0.25, -0.2) is 18.7 Å². The predicted molar refractivity (Wildman–Crippen MR) is 74.5 cm³/mol. The lowest BCUT2D eigenvalue weighted by Crippen LogP contribution is -2.04. The van der Waals surface area contributed by atoms with Crippen molar-refractivity contribution in [3.05, 3.63) is 40.3 Å². The van der Waals surface area contributed by atoms with Gasteiger partial charge in [-0.2, -0.15) is 5.26 Å². The van der Waals surface area contributed by atoms with Gasteiger partial charge >= 0.3 is 0 Å². The summed E-state index contributed by atoms with van der Waals surface area (Å²) in [5.41, 5.74) is 0.760. The minimum atomic E-state index is -2.88. The Hall–Kier alpha value is -2.59. The minimum Gasteiger partial charge on any atom is -0.324 e. The molecule has 0 radical (unpaired) electrons. The van der Waals surface area contributed by atoms with Gasteiger partial charge in [0.25, 0.3) is 6.43 Å². The Bertz CT molecular complexity index is 832. The summed E-state index contributed by atoms with van der Waals surface area (Å²) < 4.78 is 25.5. The van der Waals surface area contributed by atoms with Crippen molar-refractivity contribution in [3.8, 4) is 17.3 Å². The average molecular weight is 321 g/mol. The highest BCUT2D eigenvalue weighted by Crippen LogP contribution is 2.38. The molecule has 1 N–H and O–H groups in total. The van der Waals surface area contributed by atoms with Crippen LogP contribution in [0.4, 0.5) is 14.5 Å². The first kappa shape index (κ1) is 14.4. The number of hydrogen-bond acceptors (Lipinski definition) is 4. The van der Waals surface area contributed by atoms with Gasteiger partial charge in [-0.15, -0.1) is 0 Å². The quantitative estimate of drug-likeness (QED) is 0.922. The Morgan fingerprint density at radius 1 is 1.41 bits per heavy atom. The molecule has 0 unspecified atom stereocenters. The highest BCUT2D eigenvalue weighted by molar-refractivity contribution is 6.34. The van der Waals surface area contributed by atoms with Gasteiger partial charge in [0, 0.05) is 5.56 Å². The molecule has 1 aliphatic heterocycles. The van der Waals surface area contributed by atoms with Crippen LogP contribution >= 0.6 is 11.6 Å². The highest BCUT2D eigenvalue weighted by atomic mass is 35.5. The van der Waals surface area contributed by atoms with Gasteiger partial charge in [-0.05, 0) is 11.6 Å². The summed E-state index contributed by atoms with van der Waals surface area (Å²) in [5, 5.41) is 12.0. The zero-order chi connectivity index (χ0) is 15.9. The van der Waals surface area contributed by atoms with Gasteiger partial charge in [0.05, 0.1) is 29.0 Å². The Balaban J connectivity index is 2.16. The third kappa shape index (κ3) is 2.27. The number of halogens is 3. The first-order valence-electron chi connectivity index (χ1n) is 6.18. The van der Waals surface area contributed by atoms with Crippen molar-refractivity contribution in [2.24, 2.45) is 0 Å². The molecule has 2 aromatic rings. The van der Waals surface area contributed by atoms with E-state index in [0.717, 1.165) is 6.20 Å². The number of carbonyl (C=O) groups excluding carboxylic acids is 1. The summed E-state index contributed by atoms with van der Waals surface area (Å²) in [6.07, 6.45) is -1.62. The van der Waals surface area contributed by atoms with Gasteiger partial charge in [0.15, 0.2) is 5.69 Å². The summed E-state index contributed by atoms with van der Waals surface area (Å²) in [7, 11) is 0. The van der Waals surface area contributed by atoms with Crippen molar-refractivity contribution in [1.82, 2.24) is 9.97 Å². The zero-order valence-corrected chi connectivity index (χ0v) is 11.7. The molecule has 5 nitrogen and oxygen atoms in total. The van der Waals surface area contributed by atoms with Crippen LogP contribution < -0.4 is 5.32 Å². The Labute approximate surface area is 128 Å². The minimum absolute atomic E-state index is 0.103.